The average Bonchev–Trinajstić information content (AvgIpc) is 3.08. The molecule has 2 aromatic heterocycles. The Bertz CT molecular complexity index is 1050. The summed E-state index contributed by atoms with van der Waals surface area (Å²) >= 11 is 0. The third-order valence-corrected chi connectivity index (χ3v) is 4.69. The van der Waals surface area contributed by atoms with Crippen molar-refractivity contribution in [2.45, 2.75) is 19.5 Å². The first-order valence-corrected chi connectivity index (χ1v) is 9.06. The minimum absolute atomic E-state index is 0.0355. The van der Waals surface area contributed by atoms with Crippen molar-refractivity contribution in [3.63, 3.8) is 0 Å². The first-order chi connectivity index (χ1) is 13.2. The molecule has 134 valence electrons. The Hall–Kier alpha value is -3.40. The molecule has 4 rings (SSSR count). The van der Waals surface area contributed by atoms with Gasteiger partial charge in [0.15, 0.2) is 0 Å². The van der Waals surface area contributed by atoms with Crippen LogP contribution in [-0.2, 0) is 11.3 Å². The average molecular weight is 355 g/mol. The number of carbonyl (C=O) groups excluding carboxylic acids is 1. The summed E-state index contributed by atoms with van der Waals surface area (Å²) < 4.78 is 2.07. The predicted octanol–water partition coefficient (Wildman–Crippen LogP) is 4.58. The number of pyridine rings is 1. The van der Waals surface area contributed by atoms with Crippen LogP contribution in [0.2, 0.25) is 0 Å². The first kappa shape index (κ1) is 17.0. The van der Waals surface area contributed by atoms with E-state index in [4.69, 9.17) is 0 Å². The summed E-state index contributed by atoms with van der Waals surface area (Å²) in [6.07, 6.45) is 1.74. The van der Waals surface area contributed by atoms with E-state index in [1.807, 2.05) is 55.5 Å². The second kappa shape index (κ2) is 7.46. The maximum Gasteiger partial charge on any atom is 0.240 e. The zero-order valence-corrected chi connectivity index (χ0v) is 15.2. The first-order valence-electron chi connectivity index (χ1n) is 9.06. The van der Waals surface area contributed by atoms with Crippen LogP contribution in [0.4, 0.5) is 0 Å². The lowest BCUT2D eigenvalue weighted by Crippen LogP contribution is -2.30. The summed E-state index contributed by atoms with van der Waals surface area (Å²) in [5, 5.41) is 4.18. The number of carbonyl (C=O) groups is 1. The molecule has 4 nitrogen and oxygen atoms in total. The number of nitrogens with zero attached hydrogens (tertiary/aromatic N) is 2. The minimum atomic E-state index is -0.138. The molecule has 2 aromatic carbocycles. The monoisotopic (exact) mass is 355 g/mol. The second-order valence-electron chi connectivity index (χ2n) is 6.58. The van der Waals surface area contributed by atoms with Crippen molar-refractivity contribution in [2.75, 3.05) is 0 Å². The number of aromatic nitrogens is 2. The van der Waals surface area contributed by atoms with Crippen LogP contribution in [-0.4, -0.2) is 15.5 Å². The molecule has 0 saturated heterocycles. The Morgan fingerprint density at radius 1 is 1.00 bits per heavy atom. The molecule has 1 atom stereocenters. The molecule has 0 spiro atoms. The van der Waals surface area contributed by atoms with Crippen LogP contribution in [0.5, 0.6) is 0 Å². The minimum Gasteiger partial charge on any atom is -0.346 e. The maximum absolute atomic E-state index is 12.8. The Labute approximate surface area is 158 Å². The Morgan fingerprint density at radius 3 is 2.52 bits per heavy atom. The molecule has 0 radical (unpaired) electrons. The predicted molar refractivity (Wildman–Crippen MR) is 108 cm³/mol. The highest BCUT2D eigenvalue weighted by Gasteiger charge is 2.15. The molecule has 2 heterocycles. The highest BCUT2D eigenvalue weighted by Crippen LogP contribution is 2.28. The van der Waals surface area contributed by atoms with Crippen LogP contribution < -0.4 is 5.32 Å². The van der Waals surface area contributed by atoms with E-state index in [2.05, 4.69) is 45.2 Å². The lowest BCUT2D eigenvalue weighted by atomic mass is 10.1. The standard InChI is InChI=1S/C23H21N3O/c1-17(20-12-7-8-14-24-20)25-23(27)16-26-21-13-6-5-11-19(21)15-22(26)18-9-3-2-4-10-18/h2-15,17H,16H2,1H3,(H,25,27)/t17-/m1/s1. The van der Waals surface area contributed by atoms with Gasteiger partial charge in [-0.05, 0) is 36.8 Å². The van der Waals surface area contributed by atoms with Crippen LogP contribution in [0, 0.1) is 0 Å². The zero-order chi connectivity index (χ0) is 18.6. The number of benzene rings is 2. The van der Waals surface area contributed by atoms with Gasteiger partial charge in [-0.15, -0.1) is 0 Å². The number of rotatable bonds is 5. The molecule has 0 aliphatic carbocycles. The molecule has 0 aliphatic heterocycles. The number of nitrogens with one attached hydrogen (secondary N) is 1. The Kier molecular flexibility index (Phi) is 4.71. The van der Waals surface area contributed by atoms with E-state index in [0.29, 0.717) is 0 Å². The van der Waals surface area contributed by atoms with Crippen molar-refractivity contribution in [1.82, 2.24) is 14.9 Å². The topological polar surface area (TPSA) is 46.9 Å². The smallest absolute Gasteiger partial charge is 0.240 e. The van der Waals surface area contributed by atoms with Gasteiger partial charge in [0.05, 0.1) is 11.7 Å². The van der Waals surface area contributed by atoms with Gasteiger partial charge >= 0.3 is 0 Å². The van der Waals surface area contributed by atoms with Crippen LogP contribution >= 0.6 is 0 Å². The van der Waals surface area contributed by atoms with Gasteiger partial charge in [-0.1, -0.05) is 54.6 Å². The third-order valence-electron chi connectivity index (χ3n) is 4.69. The Morgan fingerprint density at radius 2 is 1.74 bits per heavy atom. The molecule has 0 bridgehead atoms. The van der Waals surface area contributed by atoms with Gasteiger partial charge in [0.25, 0.3) is 0 Å². The molecular weight excluding hydrogens is 334 g/mol. The van der Waals surface area contributed by atoms with Gasteiger partial charge in [-0.3, -0.25) is 9.78 Å². The fourth-order valence-electron chi connectivity index (χ4n) is 3.37. The quantitative estimate of drug-likeness (QED) is 0.569. The van der Waals surface area contributed by atoms with E-state index in [-0.39, 0.29) is 18.5 Å². The Balaban J connectivity index is 1.64. The van der Waals surface area contributed by atoms with E-state index >= 15 is 0 Å². The largest absolute Gasteiger partial charge is 0.346 e. The normalized spacial score (nSPS) is 12.0. The molecule has 0 unspecified atom stereocenters. The van der Waals surface area contributed by atoms with Crippen molar-refractivity contribution in [1.29, 1.82) is 0 Å². The lowest BCUT2D eigenvalue weighted by Gasteiger charge is -2.15. The highest BCUT2D eigenvalue weighted by atomic mass is 16.2. The number of hydrogen-bond acceptors (Lipinski definition) is 2. The van der Waals surface area contributed by atoms with Crippen LogP contribution in [0.3, 0.4) is 0 Å². The summed E-state index contributed by atoms with van der Waals surface area (Å²) in [4.78, 5) is 17.1. The highest BCUT2D eigenvalue weighted by molar-refractivity contribution is 5.89. The van der Waals surface area contributed by atoms with Crippen LogP contribution in [0.15, 0.2) is 85.1 Å². The fourth-order valence-corrected chi connectivity index (χ4v) is 3.37. The van der Waals surface area contributed by atoms with E-state index < -0.39 is 0 Å². The number of para-hydroxylation sites is 1. The molecule has 1 N–H and O–H groups in total. The fraction of sp³-hybridized carbons (Fsp3) is 0.130. The van der Waals surface area contributed by atoms with Crippen LogP contribution in [0.1, 0.15) is 18.7 Å². The van der Waals surface area contributed by atoms with Crippen molar-refractivity contribution >= 4 is 16.8 Å². The van der Waals surface area contributed by atoms with Gasteiger partial charge in [-0.25, -0.2) is 0 Å². The maximum atomic E-state index is 12.8. The van der Waals surface area contributed by atoms with Gasteiger partial charge in [0.1, 0.15) is 6.54 Å². The summed E-state index contributed by atoms with van der Waals surface area (Å²) in [5.74, 6) is -0.0355. The van der Waals surface area contributed by atoms with Gasteiger partial charge < -0.3 is 9.88 Å². The van der Waals surface area contributed by atoms with E-state index in [1.54, 1.807) is 6.20 Å². The van der Waals surface area contributed by atoms with Crippen molar-refractivity contribution in [2.24, 2.45) is 0 Å². The third kappa shape index (κ3) is 3.60. The number of amides is 1. The summed E-state index contributed by atoms with van der Waals surface area (Å²) in [6, 6.07) is 26.0. The van der Waals surface area contributed by atoms with Gasteiger partial charge in [0, 0.05) is 22.8 Å². The van der Waals surface area contributed by atoms with Gasteiger partial charge in [0.2, 0.25) is 5.91 Å². The zero-order valence-electron chi connectivity index (χ0n) is 15.2. The lowest BCUT2D eigenvalue weighted by molar-refractivity contribution is -0.122. The van der Waals surface area contributed by atoms with E-state index in [9.17, 15) is 4.79 Å². The molecule has 4 heteroatoms. The molecule has 0 aliphatic rings. The summed E-state index contributed by atoms with van der Waals surface area (Å²) in [5.41, 5.74) is 4.04. The number of hydrogen-bond donors (Lipinski definition) is 1. The SMILES string of the molecule is C[C@@H](NC(=O)Cn1c(-c2ccccc2)cc2ccccc21)c1ccccn1. The van der Waals surface area contributed by atoms with E-state index in [0.717, 1.165) is 27.9 Å². The van der Waals surface area contributed by atoms with Crippen LogP contribution in [0.25, 0.3) is 22.2 Å². The van der Waals surface area contributed by atoms with Crippen molar-refractivity contribution < 1.29 is 4.79 Å². The molecule has 4 aromatic rings. The number of fused-ring (bicyclic) bond motifs is 1. The molecule has 0 saturated carbocycles. The van der Waals surface area contributed by atoms with Gasteiger partial charge in [-0.2, -0.15) is 0 Å². The summed E-state index contributed by atoms with van der Waals surface area (Å²) in [6.45, 7) is 2.21. The molecular formula is C23H21N3O. The van der Waals surface area contributed by atoms with Crippen molar-refractivity contribution in [3.8, 4) is 11.3 Å². The molecule has 1 amide bonds. The molecule has 0 fully saturated rings. The van der Waals surface area contributed by atoms with Crippen molar-refractivity contribution in [3.05, 3.63) is 90.8 Å². The summed E-state index contributed by atoms with van der Waals surface area (Å²) in [7, 11) is 0. The second-order valence-corrected chi connectivity index (χ2v) is 6.58. The van der Waals surface area contributed by atoms with E-state index in [1.165, 1.54) is 0 Å². The molecule has 27 heavy (non-hydrogen) atoms.